The van der Waals surface area contributed by atoms with Crippen molar-refractivity contribution in [2.75, 3.05) is 6.61 Å². The summed E-state index contributed by atoms with van der Waals surface area (Å²) in [5.74, 6) is 0.247. The van der Waals surface area contributed by atoms with Crippen LogP contribution in [0.3, 0.4) is 0 Å². The highest BCUT2D eigenvalue weighted by atomic mass is 16.5. The summed E-state index contributed by atoms with van der Waals surface area (Å²) in [7, 11) is 0. The smallest absolute Gasteiger partial charge is 0.312 e. The largest absolute Gasteiger partial charge is 0.455 e. The molecule has 0 heterocycles. The van der Waals surface area contributed by atoms with Gasteiger partial charge in [-0.2, -0.15) is 0 Å². The van der Waals surface area contributed by atoms with Crippen molar-refractivity contribution in [1.29, 1.82) is 0 Å². The summed E-state index contributed by atoms with van der Waals surface area (Å²) in [5, 5.41) is 13.7. The van der Waals surface area contributed by atoms with Gasteiger partial charge < -0.3 is 15.2 Å². The van der Waals surface area contributed by atoms with E-state index in [1.54, 1.807) is 0 Å². The molecule has 4 saturated carbocycles. The average Bonchev–Trinajstić information content (AvgIpc) is 2.64. The van der Waals surface area contributed by atoms with Crippen LogP contribution in [0.15, 0.2) is 24.3 Å². The summed E-state index contributed by atoms with van der Waals surface area (Å²) in [6.07, 6.45) is 5.81. The maximum Gasteiger partial charge on any atom is 0.312 e. The average molecular weight is 386 g/mol. The van der Waals surface area contributed by atoms with Crippen molar-refractivity contribution in [2.45, 2.75) is 70.4 Å². The van der Waals surface area contributed by atoms with Crippen LogP contribution in [-0.4, -0.2) is 29.2 Å². The van der Waals surface area contributed by atoms with Gasteiger partial charge in [0.1, 0.15) is 0 Å². The summed E-state index contributed by atoms with van der Waals surface area (Å²) >= 11 is 0. The van der Waals surface area contributed by atoms with Gasteiger partial charge in [-0.15, -0.1) is 0 Å². The fourth-order valence-electron chi connectivity index (χ4n) is 6.15. The van der Waals surface area contributed by atoms with E-state index >= 15 is 0 Å². The standard InChI is InChI=1S/C23H31NO4/c1-3-16-4-6-19(7-5-16)15(2)24-20(25)13-28-21(26)22-9-17-8-18(10-22)12-23(27,11-17)14-22/h4-7,15,17-18,27H,3,8-14H2,1-2H3,(H,24,25)/t15-,17-,18+,22?,23?/m0/s1. The quantitative estimate of drug-likeness (QED) is 0.737. The number of amides is 1. The molecule has 28 heavy (non-hydrogen) atoms. The molecule has 5 nitrogen and oxygen atoms in total. The third kappa shape index (κ3) is 3.69. The molecule has 1 aromatic carbocycles. The van der Waals surface area contributed by atoms with Gasteiger partial charge in [-0.1, -0.05) is 31.2 Å². The number of hydrogen-bond acceptors (Lipinski definition) is 4. The fourth-order valence-corrected chi connectivity index (χ4v) is 6.15. The number of aliphatic hydroxyl groups is 1. The van der Waals surface area contributed by atoms with Crippen LogP contribution < -0.4 is 5.32 Å². The van der Waals surface area contributed by atoms with Crippen LogP contribution in [0.25, 0.3) is 0 Å². The molecule has 4 aliphatic rings. The molecule has 1 amide bonds. The fraction of sp³-hybridized carbons (Fsp3) is 0.652. The van der Waals surface area contributed by atoms with Crippen molar-refractivity contribution in [2.24, 2.45) is 17.3 Å². The van der Waals surface area contributed by atoms with Crippen LogP contribution in [0, 0.1) is 17.3 Å². The molecule has 5 heteroatoms. The van der Waals surface area contributed by atoms with Crippen LogP contribution in [0.2, 0.25) is 0 Å². The number of carbonyl (C=O) groups excluding carboxylic acids is 2. The topological polar surface area (TPSA) is 75.6 Å². The van der Waals surface area contributed by atoms with Crippen LogP contribution in [0.1, 0.15) is 69.5 Å². The Bertz CT molecular complexity index is 742. The highest BCUT2D eigenvalue weighted by molar-refractivity contribution is 5.83. The predicted molar refractivity (Wildman–Crippen MR) is 105 cm³/mol. The van der Waals surface area contributed by atoms with E-state index in [1.165, 1.54) is 5.56 Å². The zero-order valence-corrected chi connectivity index (χ0v) is 16.9. The molecule has 152 valence electrons. The minimum Gasteiger partial charge on any atom is -0.455 e. The number of hydrogen-bond donors (Lipinski definition) is 2. The third-order valence-electron chi connectivity index (χ3n) is 7.06. The molecule has 0 aromatic heterocycles. The summed E-state index contributed by atoms with van der Waals surface area (Å²) in [6, 6.07) is 8.03. The van der Waals surface area contributed by atoms with Crippen molar-refractivity contribution in [1.82, 2.24) is 5.32 Å². The molecule has 2 N–H and O–H groups in total. The molecule has 5 atom stereocenters. The highest BCUT2D eigenvalue weighted by Crippen LogP contribution is 2.61. The van der Waals surface area contributed by atoms with Gasteiger partial charge in [0.25, 0.3) is 5.91 Å². The van der Waals surface area contributed by atoms with Crippen molar-refractivity contribution >= 4 is 11.9 Å². The van der Waals surface area contributed by atoms with E-state index in [2.05, 4.69) is 24.4 Å². The first kappa shape index (κ1) is 19.4. The summed E-state index contributed by atoms with van der Waals surface area (Å²) in [5.41, 5.74) is 0.999. The van der Waals surface area contributed by atoms with Crippen LogP contribution in [0.4, 0.5) is 0 Å². The predicted octanol–water partition coefficient (Wildman–Crippen LogP) is 3.30. The monoisotopic (exact) mass is 385 g/mol. The molecular formula is C23H31NO4. The lowest BCUT2D eigenvalue weighted by Gasteiger charge is -2.58. The lowest BCUT2D eigenvalue weighted by molar-refractivity contribution is -0.196. The zero-order chi connectivity index (χ0) is 19.9. The molecule has 4 bridgehead atoms. The molecule has 0 radical (unpaired) electrons. The van der Waals surface area contributed by atoms with Gasteiger partial charge in [-0.3, -0.25) is 9.59 Å². The minimum atomic E-state index is -0.704. The van der Waals surface area contributed by atoms with E-state index in [4.69, 9.17) is 4.74 Å². The lowest BCUT2D eigenvalue weighted by Crippen LogP contribution is -2.58. The Morgan fingerprint density at radius 2 is 1.82 bits per heavy atom. The van der Waals surface area contributed by atoms with Crippen molar-refractivity contribution in [3.05, 3.63) is 35.4 Å². The van der Waals surface area contributed by atoms with E-state index in [1.807, 2.05) is 19.1 Å². The van der Waals surface area contributed by atoms with E-state index in [9.17, 15) is 14.7 Å². The van der Waals surface area contributed by atoms with Gasteiger partial charge in [0.15, 0.2) is 6.61 Å². The first-order valence-electron chi connectivity index (χ1n) is 10.6. The first-order chi connectivity index (χ1) is 13.3. The van der Waals surface area contributed by atoms with Crippen molar-refractivity contribution in [3.8, 4) is 0 Å². The van der Waals surface area contributed by atoms with Gasteiger partial charge in [0.05, 0.1) is 17.1 Å². The molecule has 1 aromatic rings. The summed E-state index contributed by atoms with van der Waals surface area (Å²) in [6.45, 7) is 3.78. The number of benzene rings is 1. The molecule has 4 aliphatic carbocycles. The number of esters is 1. The third-order valence-corrected chi connectivity index (χ3v) is 7.06. The number of nitrogens with one attached hydrogen (secondary N) is 1. The maximum atomic E-state index is 12.9. The van der Waals surface area contributed by atoms with Crippen LogP contribution in [-0.2, 0) is 20.7 Å². The Labute approximate surface area is 166 Å². The maximum absolute atomic E-state index is 12.9. The molecular weight excluding hydrogens is 354 g/mol. The van der Waals surface area contributed by atoms with E-state index in [0.29, 0.717) is 18.3 Å². The second-order valence-corrected chi connectivity index (χ2v) is 9.43. The molecule has 0 aliphatic heterocycles. The zero-order valence-electron chi connectivity index (χ0n) is 16.9. The molecule has 0 spiro atoms. The van der Waals surface area contributed by atoms with Gasteiger partial charge in [-0.05, 0) is 74.8 Å². The summed E-state index contributed by atoms with van der Waals surface area (Å²) < 4.78 is 5.44. The highest BCUT2D eigenvalue weighted by Gasteiger charge is 2.60. The van der Waals surface area contributed by atoms with E-state index < -0.39 is 11.0 Å². The Hall–Kier alpha value is -1.88. The van der Waals surface area contributed by atoms with Crippen LogP contribution in [0.5, 0.6) is 0 Å². The Kier molecular flexibility index (Phi) is 4.98. The van der Waals surface area contributed by atoms with Gasteiger partial charge >= 0.3 is 5.97 Å². The van der Waals surface area contributed by atoms with Crippen molar-refractivity contribution in [3.63, 3.8) is 0 Å². The number of aryl methyl sites for hydroxylation is 1. The molecule has 5 rings (SSSR count). The van der Waals surface area contributed by atoms with E-state index in [-0.39, 0.29) is 24.5 Å². The van der Waals surface area contributed by atoms with Gasteiger partial charge in [-0.25, -0.2) is 0 Å². The molecule has 0 saturated heterocycles. The lowest BCUT2D eigenvalue weighted by atomic mass is 9.48. The van der Waals surface area contributed by atoms with Gasteiger partial charge in [0.2, 0.25) is 0 Å². The Morgan fingerprint density at radius 1 is 1.18 bits per heavy atom. The van der Waals surface area contributed by atoms with Crippen molar-refractivity contribution < 1.29 is 19.4 Å². The van der Waals surface area contributed by atoms with Gasteiger partial charge in [0, 0.05) is 0 Å². The number of ether oxygens (including phenoxy) is 1. The van der Waals surface area contributed by atoms with Crippen LogP contribution >= 0.6 is 0 Å². The Balaban J connectivity index is 1.31. The normalized spacial score (nSPS) is 34.1. The van der Waals surface area contributed by atoms with E-state index in [0.717, 1.165) is 44.1 Å². The first-order valence-corrected chi connectivity index (χ1v) is 10.6. The molecule has 2 unspecified atom stereocenters. The minimum absolute atomic E-state index is 0.141. The number of rotatable bonds is 6. The Morgan fingerprint density at radius 3 is 2.39 bits per heavy atom. The SMILES string of the molecule is CCc1ccc([C@H](C)NC(=O)COC(=O)C23C[C@@H]4C[C@@H](CC(O)(C4)C2)C3)cc1. The second-order valence-electron chi connectivity index (χ2n) is 9.43. The molecule has 4 fully saturated rings. The number of carbonyl (C=O) groups is 2. The second kappa shape index (κ2) is 7.18. The summed E-state index contributed by atoms with van der Waals surface area (Å²) in [4.78, 5) is 25.2.